The Balaban J connectivity index is 0.000000206. The third-order valence-corrected chi connectivity index (χ3v) is 20.1. The minimum atomic E-state index is -2.23. The Hall–Kier alpha value is -8.15. The van der Waals surface area contributed by atoms with Gasteiger partial charge in [0.1, 0.15) is 35.2 Å². The van der Waals surface area contributed by atoms with Crippen LogP contribution >= 0.6 is 0 Å². The average Bonchev–Trinajstić information content (AvgIpc) is 0.777. The molecule has 10 rings (SSSR count). The molecule has 0 saturated carbocycles. The number of hydrogen-bond donors (Lipinski definition) is 0. The van der Waals surface area contributed by atoms with Gasteiger partial charge in [0.2, 0.25) is 28.5 Å². The highest BCUT2D eigenvalue weighted by Crippen LogP contribution is 2.34. The van der Waals surface area contributed by atoms with E-state index in [4.69, 9.17) is 9.60 Å². The van der Waals surface area contributed by atoms with Gasteiger partial charge in [-0.2, -0.15) is 0 Å². The summed E-state index contributed by atoms with van der Waals surface area (Å²) in [5.74, 6) is -1.67. The Bertz CT molecular complexity index is 4490. The van der Waals surface area contributed by atoms with Crippen molar-refractivity contribution in [2.45, 2.75) is 218 Å². The van der Waals surface area contributed by atoms with E-state index < -0.39 is 30.4 Å². The van der Waals surface area contributed by atoms with Gasteiger partial charge in [0, 0.05) is 96.6 Å². The van der Waals surface area contributed by atoms with E-state index >= 15 is 0 Å². The van der Waals surface area contributed by atoms with Gasteiger partial charge in [-0.15, -0.1) is 0 Å². The Kier molecular flexibility index (Phi) is 27.1. The summed E-state index contributed by atoms with van der Waals surface area (Å²) >= 11 is 0. The third kappa shape index (κ3) is 20.3. The summed E-state index contributed by atoms with van der Waals surface area (Å²) in [5, 5.41) is 0. The fraction of sp³-hybridized carbons (Fsp3) is 0.409. The van der Waals surface area contributed by atoms with Gasteiger partial charge in [-0.25, -0.2) is 22.8 Å². The number of pyridine rings is 5. The Morgan fingerprint density at radius 2 is 0.561 bits per heavy atom. The lowest BCUT2D eigenvalue weighted by molar-refractivity contribution is -0.661. The summed E-state index contributed by atoms with van der Waals surface area (Å²) in [5.41, 5.74) is 26.4. The van der Waals surface area contributed by atoms with Crippen molar-refractivity contribution in [2.75, 3.05) is 0 Å². The third-order valence-electron chi connectivity index (χ3n) is 20.1. The summed E-state index contributed by atoms with van der Waals surface area (Å²) in [6.07, 6.45) is 18.9. The SMILES string of the molecule is CCC(CC)c1cc[n+](C)c(-c2ccccc2C)c1.[2H]C(CC)(CC)c1c[n+](C)c(-c2ccccc2C)cc1C.[2H]C(CC)(CC)c1cc(-c2ccccc2C)[n+](C)cc1C.[2H]C(CC)(CC)c1cc[n+](C)c(-c2ccccc2C)c1.[2H]C([2H])([2H])c1c[n+](C)c(-c2ccccc2C)cc1C([2H])(CC)CC. The molecule has 0 N–H and O–H groups in total. The van der Waals surface area contributed by atoms with Crippen molar-refractivity contribution in [2.24, 2.45) is 35.2 Å². The second kappa shape index (κ2) is 38.9. The average molecular weight is 1320 g/mol. The highest BCUT2D eigenvalue weighted by molar-refractivity contribution is 5.65. The molecule has 0 atom stereocenters. The quantitative estimate of drug-likeness (QED) is 0.0678. The van der Waals surface area contributed by atoms with Crippen LogP contribution in [0.5, 0.6) is 0 Å². The standard InChI is InChI=1S/3C19H26N.2C18H24N/c2*1-6-16(7-2)18-12-19(20(5)13-15(18)4)17-11-9-8-10-14(17)3;1-6-16(7-2)18-13-20(5)19(12-15(18)4)17-11-9-8-10-14(17)3;2*1-5-15(6-2)16-11-12-19(4)18(13-16)17-10-8-7-9-14(17)3/h3*8-13,16H,6-7H2,1-5H3;2*7-13,15H,5-6H2,1-4H3/q5*+1/i4D3,16D;2*16D;15D;. The zero-order valence-corrected chi connectivity index (χ0v) is 64.4. The molecule has 0 aliphatic rings. The maximum absolute atomic E-state index is 8.80. The first-order valence-corrected chi connectivity index (χ1v) is 36.5. The normalized spacial score (nSPS) is 12.7. The first-order chi connectivity index (χ1) is 49.7. The van der Waals surface area contributed by atoms with Crippen LogP contribution in [0, 0.1) is 55.3 Å². The van der Waals surface area contributed by atoms with E-state index in [-0.39, 0.29) is 5.56 Å². The largest absolute Gasteiger partial charge is 0.212 e. The van der Waals surface area contributed by atoms with E-state index in [0.29, 0.717) is 24.3 Å². The lowest BCUT2D eigenvalue weighted by Gasteiger charge is -2.16. The maximum atomic E-state index is 8.80. The molecular formula is C93H126N5+5. The van der Waals surface area contributed by atoms with Gasteiger partial charge in [0.05, 0.1) is 0 Å². The molecule has 10 aromatic rings. The van der Waals surface area contributed by atoms with Gasteiger partial charge in [0.25, 0.3) is 0 Å². The molecule has 0 unspecified atom stereocenters. The van der Waals surface area contributed by atoms with Gasteiger partial charge in [-0.05, 0) is 235 Å². The number of aromatic nitrogens is 5. The van der Waals surface area contributed by atoms with Crippen LogP contribution in [-0.2, 0) is 35.2 Å². The van der Waals surface area contributed by atoms with Crippen LogP contribution in [-0.4, -0.2) is 0 Å². The second-order valence-electron chi connectivity index (χ2n) is 26.5. The molecule has 0 aliphatic heterocycles. The van der Waals surface area contributed by atoms with Crippen molar-refractivity contribution < 1.29 is 32.4 Å². The van der Waals surface area contributed by atoms with Crippen LogP contribution in [0.2, 0.25) is 0 Å². The molecule has 0 spiro atoms. The second-order valence-corrected chi connectivity index (χ2v) is 26.5. The minimum Gasteiger partial charge on any atom is -0.201 e. The molecule has 0 saturated heterocycles. The first kappa shape index (κ1) is 68.4. The Morgan fingerprint density at radius 1 is 0.276 bits per heavy atom. The van der Waals surface area contributed by atoms with E-state index in [2.05, 4.69) is 302 Å². The lowest BCUT2D eigenvalue weighted by Crippen LogP contribution is -2.32. The van der Waals surface area contributed by atoms with E-state index in [1.807, 2.05) is 62.7 Å². The van der Waals surface area contributed by atoms with Crippen LogP contribution in [0.25, 0.3) is 56.3 Å². The maximum Gasteiger partial charge on any atom is 0.212 e. The molecule has 5 nitrogen and oxygen atoms in total. The Labute approximate surface area is 606 Å². The molecule has 5 aromatic carbocycles. The van der Waals surface area contributed by atoms with Crippen molar-refractivity contribution in [3.8, 4) is 56.3 Å². The molecule has 0 amide bonds. The van der Waals surface area contributed by atoms with Crippen molar-refractivity contribution in [3.63, 3.8) is 0 Å². The molecule has 0 bridgehead atoms. The topological polar surface area (TPSA) is 19.4 Å². The van der Waals surface area contributed by atoms with Crippen molar-refractivity contribution in [3.05, 3.63) is 267 Å². The van der Waals surface area contributed by atoms with Gasteiger partial charge in [-0.1, -0.05) is 160 Å². The van der Waals surface area contributed by atoms with Crippen molar-refractivity contribution in [1.29, 1.82) is 0 Å². The number of rotatable bonds is 20. The highest BCUT2D eigenvalue weighted by Gasteiger charge is 2.24. The zero-order valence-electron chi connectivity index (χ0n) is 71.4. The number of benzene rings is 5. The van der Waals surface area contributed by atoms with E-state index in [1.54, 1.807) is 6.20 Å². The van der Waals surface area contributed by atoms with E-state index in [0.717, 1.165) is 72.0 Å². The van der Waals surface area contributed by atoms with Gasteiger partial charge in [0.15, 0.2) is 31.0 Å². The molecule has 5 heteroatoms. The summed E-state index contributed by atoms with van der Waals surface area (Å²) in [6.45, 7) is 33.7. The predicted octanol–water partition coefficient (Wildman–Crippen LogP) is 22.9. The van der Waals surface area contributed by atoms with Gasteiger partial charge >= 0.3 is 0 Å². The summed E-state index contributed by atoms with van der Waals surface area (Å²) in [7, 11) is 10.2. The molecule has 5 aromatic heterocycles. The molecule has 98 heavy (non-hydrogen) atoms. The van der Waals surface area contributed by atoms with E-state index in [9.17, 15) is 0 Å². The molecule has 0 radical (unpaired) electrons. The van der Waals surface area contributed by atoms with Crippen LogP contribution in [0.1, 0.15) is 245 Å². The van der Waals surface area contributed by atoms with Crippen LogP contribution in [0.3, 0.4) is 0 Å². The Morgan fingerprint density at radius 3 is 0.898 bits per heavy atom. The monoisotopic (exact) mass is 1320 g/mol. The molecular weight excluding hydrogens is 1190 g/mol. The molecule has 518 valence electrons. The van der Waals surface area contributed by atoms with Crippen LogP contribution in [0.4, 0.5) is 0 Å². The first-order valence-electron chi connectivity index (χ1n) is 40.0. The summed E-state index contributed by atoms with van der Waals surface area (Å²) < 4.78 is 69.1. The summed E-state index contributed by atoms with van der Waals surface area (Å²) in [4.78, 5) is 0. The molecule has 0 fully saturated rings. The number of hydrogen-bond acceptors (Lipinski definition) is 0. The van der Waals surface area contributed by atoms with Gasteiger partial charge < -0.3 is 0 Å². The van der Waals surface area contributed by atoms with E-state index in [1.165, 1.54) is 96.8 Å². The predicted molar refractivity (Wildman–Crippen MR) is 420 cm³/mol. The van der Waals surface area contributed by atoms with Crippen molar-refractivity contribution in [1.82, 2.24) is 0 Å². The number of aryl methyl sites for hydroxylation is 13. The molecule has 0 aliphatic carbocycles. The smallest absolute Gasteiger partial charge is 0.201 e. The van der Waals surface area contributed by atoms with Crippen molar-refractivity contribution >= 4 is 0 Å². The lowest BCUT2D eigenvalue weighted by atomic mass is 9.90. The highest BCUT2D eigenvalue weighted by atomic mass is 14.9. The minimum absolute atomic E-state index is 0.279. The van der Waals surface area contributed by atoms with Crippen LogP contribution in [0.15, 0.2) is 195 Å². The van der Waals surface area contributed by atoms with Crippen LogP contribution < -0.4 is 22.8 Å². The fourth-order valence-electron chi connectivity index (χ4n) is 13.8. The fourth-order valence-corrected chi connectivity index (χ4v) is 13.8. The number of nitrogens with zero attached hydrogens (tertiary/aromatic N) is 5. The van der Waals surface area contributed by atoms with Gasteiger partial charge in [-0.3, -0.25) is 0 Å². The molecule has 5 heterocycles. The summed E-state index contributed by atoms with van der Waals surface area (Å²) in [6, 6.07) is 57.2. The zero-order chi connectivity index (χ0) is 77.9.